The number of aryl methyl sites for hydroxylation is 1. The first-order chi connectivity index (χ1) is 14.5. The van der Waals surface area contributed by atoms with Crippen LogP contribution in [0.3, 0.4) is 0 Å². The molecule has 0 aliphatic carbocycles. The molecular formula is C25H30N3O2+. The van der Waals surface area contributed by atoms with Gasteiger partial charge in [0, 0.05) is 18.7 Å². The van der Waals surface area contributed by atoms with Gasteiger partial charge in [0.25, 0.3) is 0 Å². The van der Waals surface area contributed by atoms with Gasteiger partial charge in [-0.2, -0.15) is 0 Å². The second-order valence-corrected chi connectivity index (χ2v) is 8.32. The molecule has 0 radical (unpaired) electrons. The van der Waals surface area contributed by atoms with Gasteiger partial charge in [-0.1, -0.05) is 48.5 Å². The molecule has 0 saturated carbocycles. The highest BCUT2D eigenvalue weighted by Crippen LogP contribution is 2.33. The summed E-state index contributed by atoms with van der Waals surface area (Å²) in [6.07, 6.45) is 4.09. The third-order valence-corrected chi connectivity index (χ3v) is 6.36. The largest absolute Gasteiger partial charge is 0.331 e. The molecule has 2 heterocycles. The summed E-state index contributed by atoms with van der Waals surface area (Å²) in [6.45, 7) is 8.17. The third kappa shape index (κ3) is 4.31. The molecule has 1 atom stereocenters. The molecule has 5 heteroatoms. The minimum atomic E-state index is -0.228. The van der Waals surface area contributed by atoms with Crippen LogP contribution in [-0.2, 0) is 16.1 Å². The molecular weight excluding hydrogens is 374 g/mol. The second-order valence-electron chi connectivity index (χ2n) is 8.32. The number of nitrogens with zero attached hydrogens (tertiary/aromatic N) is 2. The van der Waals surface area contributed by atoms with Crippen LogP contribution in [0.1, 0.15) is 41.6 Å². The smallest absolute Gasteiger partial charge is 0.225 e. The van der Waals surface area contributed by atoms with E-state index in [0.717, 1.165) is 43.9 Å². The van der Waals surface area contributed by atoms with Crippen LogP contribution in [0, 0.1) is 6.92 Å². The fraction of sp³-hybridized carbons (Fsp3) is 0.360. The topological polar surface area (TPSA) is 45.1 Å². The molecule has 5 nitrogen and oxygen atoms in total. The van der Waals surface area contributed by atoms with Crippen LogP contribution < -0.4 is 4.90 Å². The number of benzene rings is 2. The van der Waals surface area contributed by atoms with Crippen LogP contribution >= 0.6 is 0 Å². The van der Waals surface area contributed by atoms with E-state index in [0.29, 0.717) is 6.42 Å². The van der Waals surface area contributed by atoms with Gasteiger partial charge in [0.1, 0.15) is 6.54 Å². The minimum absolute atomic E-state index is 0.0361. The lowest BCUT2D eigenvalue weighted by molar-refractivity contribution is -0.917. The van der Waals surface area contributed by atoms with Gasteiger partial charge < -0.3 is 14.7 Å². The van der Waals surface area contributed by atoms with Gasteiger partial charge in [-0.3, -0.25) is 9.59 Å². The molecule has 30 heavy (non-hydrogen) atoms. The highest BCUT2D eigenvalue weighted by molar-refractivity contribution is 5.82. The lowest BCUT2D eigenvalue weighted by Crippen LogP contribution is -3.13. The van der Waals surface area contributed by atoms with Crippen LogP contribution in [0.4, 0.5) is 0 Å². The zero-order valence-corrected chi connectivity index (χ0v) is 17.8. The highest BCUT2D eigenvalue weighted by Gasteiger charge is 2.31. The standard InChI is InChI=1S/C25H29N3O2/c1-19-7-3-4-9-22(19)18-26-13-15-27(16-14-26)25(30)17-24-23-10-6-5-8-21(23)11-12-28(24)20(2)29/h3-12,24H,13-18H2,1-2H3/p+1/t24-/m1/s1. The zero-order valence-electron chi connectivity index (χ0n) is 17.8. The number of fused-ring (bicyclic) bond motifs is 1. The SMILES string of the molecule is CC(=O)N1C=Cc2ccccc2[C@H]1CC(=O)N1CC[NH+](Cc2ccccc2C)CC1. The van der Waals surface area contributed by atoms with Gasteiger partial charge in [-0.05, 0) is 29.7 Å². The molecule has 4 rings (SSSR count). The summed E-state index contributed by atoms with van der Waals surface area (Å²) >= 11 is 0. The first-order valence-electron chi connectivity index (χ1n) is 10.7. The molecule has 1 fully saturated rings. The summed E-state index contributed by atoms with van der Waals surface area (Å²) in [5.74, 6) is 0.0948. The van der Waals surface area contributed by atoms with Crippen molar-refractivity contribution in [2.75, 3.05) is 26.2 Å². The predicted molar refractivity (Wildman–Crippen MR) is 118 cm³/mol. The van der Waals surface area contributed by atoms with Crippen molar-refractivity contribution < 1.29 is 14.5 Å². The number of hydrogen-bond acceptors (Lipinski definition) is 2. The molecule has 0 unspecified atom stereocenters. The van der Waals surface area contributed by atoms with E-state index in [4.69, 9.17) is 0 Å². The van der Waals surface area contributed by atoms with Gasteiger partial charge in [-0.15, -0.1) is 0 Å². The average Bonchev–Trinajstić information content (AvgIpc) is 2.76. The Morgan fingerprint density at radius 3 is 2.47 bits per heavy atom. The molecule has 2 aliphatic heterocycles. The van der Waals surface area contributed by atoms with E-state index >= 15 is 0 Å². The molecule has 0 bridgehead atoms. The van der Waals surface area contributed by atoms with Gasteiger partial charge in [0.05, 0.1) is 38.6 Å². The van der Waals surface area contributed by atoms with E-state index in [-0.39, 0.29) is 17.9 Å². The molecule has 156 valence electrons. The first kappa shape index (κ1) is 20.4. The van der Waals surface area contributed by atoms with Crippen molar-refractivity contribution in [1.29, 1.82) is 0 Å². The lowest BCUT2D eigenvalue weighted by Gasteiger charge is -2.36. The molecule has 1 saturated heterocycles. The summed E-state index contributed by atoms with van der Waals surface area (Å²) in [6, 6.07) is 16.3. The average molecular weight is 405 g/mol. The second kappa shape index (κ2) is 8.84. The number of amides is 2. The summed E-state index contributed by atoms with van der Waals surface area (Å²) in [7, 11) is 0. The quantitative estimate of drug-likeness (QED) is 0.849. The first-order valence-corrected chi connectivity index (χ1v) is 10.7. The van der Waals surface area contributed by atoms with Gasteiger partial charge in [-0.25, -0.2) is 0 Å². The van der Waals surface area contributed by atoms with Crippen molar-refractivity contribution in [3.63, 3.8) is 0 Å². The Labute approximate surface area is 178 Å². The third-order valence-electron chi connectivity index (χ3n) is 6.36. The van der Waals surface area contributed by atoms with Crippen LogP contribution in [0.2, 0.25) is 0 Å². The van der Waals surface area contributed by atoms with Gasteiger partial charge >= 0.3 is 0 Å². The number of quaternary nitrogens is 1. The molecule has 2 amide bonds. The van der Waals surface area contributed by atoms with E-state index in [2.05, 4.69) is 31.2 Å². The van der Waals surface area contributed by atoms with Gasteiger partial charge in [0.15, 0.2) is 0 Å². The molecule has 2 aliphatic rings. The summed E-state index contributed by atoms with van der Waals surface area (Å²) in [4.78, 5) is 30.5. The molecule has 2 aromatic rings. The van der Waals surface area contributed by atoms with E-state index in [1.165, 1.54) is 16.0 Å². The number of hydrogen-bond donors (Lipinski definition) is 1. The Kier molecular flexibility index (Phi) is 6.00. The maximum atomic E-state index is 13.1. The van der Waals surface area contributed by atoms with Crippen LogP contribution in [0.25, 0.3) is 6.08 Å². The molecule has 0 aromatic heterocycles. The number of carbonyl (C=O) groups is 2. The number of nitrogens with one attached hydrogen (secondary N) is 1. The Balaban J connectivity index is 1.39. The summed E-state index contributed by atoms with van der Waals surface area (Å²) in [5, 5.41) is 0. The van der Waals surface area contributed by atoms with Crippen LogP contribution in [-0.4, -0.2) is 47.8 Å². The number of rotatable bonds is 4. The monoisotopic (exact) mass is 404 g/mol. The predicted octanol–water partition coefficient (Wildman–Crippen LogP) is 2.19. The maximum absolute atomic E-state index is 13.1. The van der Waals surface area contributed by atoms with E-state index in [1.807, 2.05) is 41.4 Å². The van der Waals surface area contributed by atoms with E-state index < -0.39 is 0 Å². The maximum Gasteiger partial charge on any atom is 0.225 e. The normalized spacial score (nSPS) is 18.9. The fourth-order valence-electron chi connectivity index (χ4n) is 4.53. The van der Waals surface area contributed by atoms with E-state index in [1.54, 1.807) is 11.8 Å². The molecule has 2 aromatic carbocycles. The van der Waals surface area contributed by atoms with Gasteiger partial charge in [0.2, 0.25) is 11.8 Å². The lowest BCUT2D eigenvalue weighted by atomic mass is 9.93. The van der Waals surface area contributed by atoms with Crippen molar-refractivity contribution in [2.24, 2.45) is 0 Å². The summed E-state index contributed by atoms with van der Waals surface area (Å²) < 4.78 is 0. The van der Waals surface area contributed by atoms with E-state index in [9.17, 15) is 9.59 Å². The zero-order chi connectivity index (χ0) is 21.1. The van der Waals surface area contributed by atoms with Crippen molar-refractivity contribution in [1.82, 2.24) is 9.80 Å². The van der Waals surface area contributed by atoms with Crippen molar-refractivity contribution in [3.05, 3.63) is 77.0 Å². The van der Waals surface area contributed by atoms with Crippen LogP contribution in [0.5, 0.6) is 0 Å². The fourth-order valence-corrected chi connectivity index (χ4v) is 4.53. The Hall–Kier alpha value is -2.92. The number of carbonyl (C=O) groups excluding carboxylic acids is 2. The Morgan fingerprint density at radius 2 is 1.73 bits per heavy atom. The Morgan fingerprint density at radius 1 is 1.03 bits per heavy atom. The minimum Gasteiger partial charge on any atom is -0.331 e. The number of piperazine rings is 1. The van der Waals surface area contributed by atoms with Crippen molar-refractivity contribution in [2.45, 2.75) is 32.9 Å². The molecule has 0 spiro atoms. The Bertz CT molecular complexity index is 960. The summed E-state index contributed by atoms with van der Waals surface area (Å²) in [5.41, 5.74) is 4.85. The molecule has 1 N–H and O–H groups in total. The van der Waals surface area contributed by atoms with Crippen molar-refractivity contribution in [3.8, 4) is 0 Å². The van der Waals surface area contributed by atoms with Crippen LogP contribution in [0.15, 0.2) is 54.7 Å². The van der Waals surface area contributed by atoms with Crippen molar-refractivity contribution >= 4 is 17.9 Å². The highest BCUT2D eigenvalue weighted by atomic mass is 16.2.